The number of carbonyl (C=O) groups is 2. The third kappa shape index (κ3) is 3.08. The fraction of sp³-hybridized carbons (Fsp3) is 0.474. The van der Waals surface area contributed by atoms with Gasteiger partial charge in [0.05, 0.1) is 12.0 Å². The summed E-state index contributed by atoms with van der Waals surface area (Å²) in [4.78, 5) is 26.2. The third-order valence-corrected chi connectivity index (χ3v) is 4.95. The summed E-state index contributed by atoms with van der Waals surface area (Å²) in [5, 5.41) is 9.69. The number of piperidine rings is 1. The minimum absolute atomic E-state index is 0.0673. The molecule has 1 aliphatic heterocycles. The molecule has 0 bridgehead atoms. The maximum atomic E-state index is 12.7. The molecular weight excluding hydrogens is 322 g/mol. The van der Waals surface area contributed by atoms with Crippen LogP contribution in [0.25, 0.3) is 0 Å². The summed E-state index contributed by atoms with van der Waals surface area (Å²) in [6.45, 7) is 7.42. The van der Waals surface area contributed by atoms with Crippen molar-refractivity contribution in [1.82, 2.24) is 4.90 Å². The van der Waals surface area contributed by atoms with Gasteiger partial charge in [0.1, 0.15) is 29.1 Å². The SMILES string of the molecule is Cc1ccc([C@@H]2[C@H](C(=O)O)CCC(=O)N2[C@@H](C)c2cc(C)oc2C)o1. The van der Waals surface area contributed by atoms with E-state index >= 15 is 0 Å². The first-order valence-corrected chi connectivity index (χ1v) is 8.46. The van der Waals surface area contributed by atoms with Crippen molar-refractivity contribution in [3.05, 3.63) is 46.8 Å². The van der Waals surface area contributed by atoms with Crippen LogP contribution in [0.2, 0.25) is 0 Å². The number of likely N-dealkylation sites (tertiary alicyclic amines) is 1. The summed E-state index contributed by atoms with van der Waals surface area (Å²) in [7, 11) is 0. The number of hydrogen-bond donors (Lipinski definition) is 1. The molecule has 1 amide bonds. The predicted molar refractivity (Wildman–Crippen MR) is 90.0 cm³/mol. The molecule has 0 aromatic carbocycles. The summed E-state index contributed by atoms with van der Waals surface area (Å²) >= 11 is 0. The number of aryl methyl sites for hydroxylation is 3. The average molecular weight is 345 g/mol. The first-order valence-electron chi connectivity index (χ1n) is 8.46. The van der Waals surface area contributed by atoms with Gasteiger partial charge < -0.3 is 18.8 Å². The van der Waals surface area contributed by atoms with Crippen LogP contribution in [0.5, 0.6) is 0 Å². The molecule has 0 aliphatic carbocycles. The van der Waals surface area contributed by atoms with Crippen molar-refractivity contribution >= 4 is 11.9 Å². The van der Waals surface area contributed by atoms with E-state index in [1.165, 1.54) is 0 Å². The molecule has 1 N–H and O–H groups in total. The summed E-state index contributed by atoms with van der Waals surface area (Å²) in [5.41, 5.74) is 0.894. The number of furan rings is 2. The molecule has 3 rings (SSSR count). The van der Waals surface area contributed by atoms with E-state index in [4.69, 9.17) is 8.83 Å². The Kier molecular flexibility index (Phi) is 4.45. The molecule has 0 unspecified atom stereocenters. The molecule has 0 spiro atoms. The van der Waals surface area contributed by atoms with E-state index < -0.39 is 17.9 Å². The maximum Gasteiger partial charge on any atom is 0.309 e. The molecule has 2 aromatic rings. The van der Waals surface area contributed by atoms with Gasteiger partial charge in [-0.05, 0) is 52.3 Å². The van der Waals surface area contributed by atoms with Crippen LogP contribution in [0.3, 0.4) is 0 Å². The first-order chi connectivity index (χ1) is 11.8. The summed E-state index contributed by atoms with van der Waals surface area (Å²) < 4.78 is 11.3. The van der Waals surface area contributed by atoms with Gasteiger partial charge in [-0.2, -0.15) is 0 Å². The number of nitrogens with zero attached hydrogens (tertiary/aromatic N) is 1. The molecule has 0 radical (unpaired) electrons. The Morgan fingerprint density at radius 3 is 2.48 bits per heavy atom. The Hall–Kier alpha value is -2.50. The van der Waals surface area contributed by atoms with Gasteiger partial charge in [-0.15, -0.1) is 0 Å². The molecular formula is C19H23NO5. The minimum Gasteiger partial charge on any atom is -0.481 e. The number of carboxylic acids is 1. The van der Waals surface area contributed by atoms with Gasteiger partial charge in [0.2, 0.25) is 5.91 Å². The highest BCUT2D eigenvalue weighted by atomic mass is 16.4. The second kappa shape index (κ2) is 6.43. The Morgan fingerprint density at radius 2 is 1.96 bits per heavy atom. The molecule has 2 aromatic heterocycles. The van der Waals surface area contributed by atoms with Crippen LogP contribution in [-0.4, -0.2) is 21.9 Å². The van der Waals surface area contributed by atoms with Gasteiger partial charge in [-0.3, -0.25) is 9.59 Å². The summed E-state index contributed by atoms with van der Waals surface area (Å²) in [5.74, 6) is 1.04. The van der Waals surface area contributed by atoms with Gasteiger partial charge in [0.25, 0.3) is 0 Å². The van der Waals surface area contributed by atoms with Gasteiger partial charge in [0, 0.05) is 12.0 Å². The lowest BCUT2D eigenvalue weighted by Gasteiger charge is -2.41. The molecule has 1 aliphatic rings. The third-order valence-electron chi connectivity index (χ3n) is 4.95. The molecule has 1 saturated heterocycles. The van der Waals surface area contributed by atoms with Gasteiger partial charge in [0.15, 0.2) is 0 Å². The van der Waals surface area contributed by atoms with Crippen LogP contribution in [0, 0.1) is 26.7 Å². The molecule has 0 saturated carbocycles. The van der Waals surface area contributed by atoms with Gasteiger partial charge in [-0.25, -0.2) is 0 Å². The van der Waals surface area contributed by atoms with E-state index in [-0.39, 0.29) is 18.4 Å². The van der Waals surface area contributed by atoms with E-state index in [0.717, 1.165) is 17.1 Å². The lowest BCUT2D eigenvalue weighted by molar-refractivity contribution is -0.155. The summed E-state index contributed by atoms with van der Waals surface area (Å²) in [6.07, 6.45) is 0.526. The first kappa shape index (κ1) is 17.3. The van der Waals surface area contributed by atoms with E-state index in [1.54, 1.807) is 24.0 Å². The van der Waals surface area contributed by atoms with Crippen LogP contribution < -0.4 is 0 Å². The van der Waals surface area contributed by atoms with Crippen molar-refractivity contribution in [2.45, 2.75) is 52.6 Å². The number of aliphatic carboxylic acids is 1. The van der Waals surface area contributed by atoms with Crippen LogP contribution in [-0.2, 0) is 9.59 Å². The van der Waals surface area contributed by atoms with E-state index in [1.807, 2.05) is 26.8 Å². The topological polar surface area (TPSA) is 83.9 Å². The van der Waals surface area contributed by atoms with Crippen LogP contribution in [0.1, 0.15) is 60.5 Å². The van der Waals surface area contributed by atoms with Crippen molar-refractivity contribution in [1.29, 1.82) is 0 Å². The van der Waals surface area contributed by atoms with Crippen molar-refractivity contribution in [3.63, 3.8) is 0 Å². The zero-order valence-corrected chi connectivity index (χ0v) is 14.9. The fourth-order valence-electron chi connectivity index (χ4n) is 3.79. The Balaban J connectivity index is 2.07. The highest BCUT2D eigenvalue weighted by Gasteiger charge is 2.45. The van der Waals surface area contributed by atoms with Crippen molar-refractivity contribution < 1.29 is 23.5 Å². The molecule has 3 atom stereocenters. The zero-order chi connectivity index (χ0) is 18.3. The average Bonchev–Trinajstić information content (AvgIpc) is 3.11. The van der Waals surface area contributed by atoms with E-state index in [9.17, 15) is 14.7 Å². The molecule has 3 heterocycles. The number of rotatable bonds is 4. The zero-order valence-electron chi connectivity index (χ0n) is 14.9. The standard InChI is InChI=1S/C19H23NO5/c1-10-5-7-16(25-10)18-14(19(22)23)6-8-17(21)20(18)12(3)15-9-11(2)24-13(15)4/h5,7,9,12,14,18H,6,8H2,1-4H3,(H,22,23)/t12-,14+,18-/m0/s1. The number of carbonyl (C=O) groups excluding carboxylic acids is 1. The van der Waals surface area contributed by atoms with E-state index in [2.05, 4.69) is 0 Å². The Bertz CT molecular complexity index is 803. The fourth-order valence-corrected chi connectivity index (χ4v) is 3.79. The molecule has 6 nitrogen and oxygen atoms in total. The van der Waals surface area contributed by atoms with Gasteiger partial charge in [-0.1, -0.05) is 0 Å². The van der Waals surface area contributed by atoms with Crippen LogP contribution in [0.4, 0.5) is 0 Å². The smallest absolute Gasteiger partial charge is 0.309 e. The second-order valence-electron chi connectivity index (χ2n) is 6.72. The molecule has 134 valence electrons. The predicted octanol–water partition coefficient (Wildman–Crippen LogP) is 3.92. The van der Waals surface area contributed by atoms with Crippen molar-refractivity contribution in [2.75, 3.05) is 0 Å². The Morgan fingerprint density at radius 1 is 1.24 bits per heavy atom. The monoisotopic (exact) mass is 345 g/mol. The normalized spacial score (nSPS) is 22.2. The second-order valence-corrected chi connectivity index (χ2v) is 6.72. The number of amides is 1. The quantitative estimate of drug-likeness (QED) is 0.908. The maximum absolute atomic E-state index is 12.7. The Labute approximate surface area is 146 Å². The summed E-state index contributed by atoms with van der Waals surface area (Å²) in [6, 6.07) is 4.53. The number of hydrogen-bond acceptors (Lipinski definition) is 4. The van der Waals surface area contributed by atoms with Crippen molar-refractivity contribution in [3.8, 4) is 0 Å². The van der Waals surface area contributed by atoms with Crippen LogP contribution >= 0.6 is 0 Å². The molecule has 6 heteroatoms. The van der Waals surface area contributed by atoms with Crippen LogP contribution in [0.15, 0.2) is 27.0 Å². The lowest BCUT2D eigenvalue weighted by atomic mass is 9.85. The lowest BCUT2D eigenvalue weighted by Crippen LogP contribution is -2.46. The highest BCUT2D eigenvalue weighted by Crippen LogP contribution is 2.43. The van der Waals surface area contributed by atoms with Crippen molar-refractivity contribution in [2.24, 2.45) is 5.92 Å². The largest absolute Gasteiger partial charge is 0.481 e. The van der Waals surface area contributed by atoms with Gasteiger partial charge >= 0.3 is 5.97 Å². The molecule has 25 heavy (non-hydrogen) atoms. The molecule has 1 fully saturated rings. The number of carboxylic acid groups (broad SMARTS) is 1. The highest BCUT2D eigenvalue weighted by molar-refractivity contribution is 5.82. The van der Waals surface area contributed by atoms with E-state index in [0.29, 0.717) is 17.9 Å². The minimum atomic E-state index is -0.913.